The zero-order valence-electron chi connectivity index (χ0n) is 27.5. The van der Waals surface area contributed by atoms with E-state index in [0.29, 0.717) is 30.1 Å². The lowest BCUT2D eigenvalue weighted by molar-refractivity contribution is -0.132. The van der Waals surface area contributed by atoms with Gasteiger partial charge in [-0.1, -0.05) is 61.3 Å². The van der Waals surface area contributed by atoms with Crippen LogP contribution in [0.25, 0.3) is 0 Å². The summed E-state index contributed by atoms with van der Waals surface area (Å²) in [5, 5.41) is 22.8. The molecule has 2 unspecified atom stereocenters. The highest BCUT2D eigenvalue weighted by atomic mass is 28.4. The molecular weight excluding hydrogens is 517 g/mol. The van der Waals surface area contributed by atoms with Crippen LogP contribution in [0.2, 0.25) is 36.3 Å². The van der Waals surface area contributed by atoms with Gasteiger partial charge < -0.3 is 19.1 Å². The monoisotopic (exact) mass is 578 g/mol. The third-order valence-electron chi connectivity index (χ3n) is 13.1. The zero-order chi connectivity index (χ0) is 29.9. The first-order valence-electron chi connectivity index (χ1n) is 15.7. The van der Waals surface area contributed by atoms with Gasteiger partial charge in [-0.15, -0.1) is 6.42 Å². The normalized spacial score (nSPS) is 40.3. The minimum Gasteiger partial charge on any atom is -0.417 e. The lowest BCUT2D eigenvalue weighted by atomic mass is 9.48. The van der Waals surface area contributed by atoms with Crippen LogP contribution in [0, 0.1) is 46.8 Å². The van der Waals surface area contributed by atoms with Gasteiger partial charge in [-0.05, 0) is 110 Å². The number of hydrogen-bond donors (Lipinski definition) is 2. The highest BCUT2D eigenvalue weighted by Gasteiger charge is 2.63. The summed E-state index contributed by atoms with van der Waals surface area (Å²) in [6.45, 7) is 29.4. The molecule has 0 aromatic rings. The highest BCUT2D eigenvalue weighted by Crippen LogP contribution is 2.65. The molecule has 3 aliphatic carbocycles. The van der Waals surface area contributed by atoms with Gasteiger partial charge in [0.2, 0.25) is 0 Å². The first-order chi connectivity index (χ1) is 17.5. The van der Waals surface area contributed by atoms with E-state index < -0.39 is 22.2 Å². The van der Waals surface area contributed by atoms with Crippen molar-refractivity contribution in [1.82, 2.24) is 0 Å². The number of terminal acetylenes is 1. The van der Waals surface area contributed by atoms with Crippen LogP contribution >= 0.6 is 0 Å². The molecule has 0 spiro atoms. The van der Waals surface area contributed by atoms with E-state index in [4.69, 9.17) is 15.3 Å². The topological polar surface area (TPSA) is 58.9 Å². The molecule has 3 fully saturated rings. The average molecular weight is 579 g/mol. The van der Waals surface area contributed by atoms with E-state index >= 15 is 0 Å². The van der Waals surface area contributed by atoms with Gasteiger partial charge in [0.15, 0.2) is 16.6 Å². The molecule has 0 heterocycles. The van der Waals surface area contributed by atoms with Gasteiger partial charge in [0.25, 0.3) is 0 Å². The van der Waals surface area contributed by atoms with Crippen molar-refractivity contribution in [3.8, 4) is 12.3 Å². The molecule has 3 saturated carbocycles. The summed E-state index contributed by atoms with van der Waals surface area (Å²) in [4.78, 5) is 0. The third kappa shape index (κ3) is 6.02. The van der Waals surface area contributed by atoms with E-state index in [1.54, 1.807) is 0 Å². The molecule has 2 N–H and O–H groups in total. The maximum Gasteiger partial charge on any atom is 0.191 e. The predicted molar refractivity (Wildman–Crippen MR) is 169 cm³/mol. The van der Waals surface area contributed by atoms with Crippen molar-refractivity contribution in [3.05, 3.63) is 0 Å². The van der Waals surface area contributed by atoms with Crippen molar-refractivity contribution in [3.63, 3.8) is 0 Å². The van der Waals surface area contributed by atoms with E-state index in [0.717, 1.165) is 51.7 Å². The fourth-order valence-electron chi connectivity index (χ4n) is 7.78. The summed E-state index contributed by atoms with van der Waals surface area (Å²) in [6.07, 6.45) is 12.1. The van der Waals surface area contributed by atoms with E-state index in [1.807, 2.05) is 0 Å². The van der Waals surface area contributed by atoms with E-state index in [1.165, 1.54) is 0 Å². The van der Waals surface area contributed by atoms with Crippen molar-refractivity contribution in [1.29, 1.82) is 0 Å². The number of aliphatic hydroxyl groups excluding tert-OH is 1. The molecule has 3 rings (SSSR count). The van der Waals surface area contributed by atoms with Crippen LogP contribution in [0.5, 0.6) is 0 Å². The Morgan fingerprint density at radius 3 is 1.85 bits per heavy atom. The Bertz CT molecular complexity index is 912. The molecule has 0 radical (unpaired) electrons. The van der Waals surface area contributed by atoms with Gasteiger partial charge >= 0.3 is 0 Å². The van der Waals surface area contributed by atoms with Gasteiger partial charge in [-0.2, -0.15) is 0 Å². The van der Waals surface area contributed by atoms with Crippen LogP contribution in [0.3, 0.4) is 0 Å². The minimum atomic E-state index is -1.96. The van der Waals surface area contributed by atoms with Crippen molar-refractivity contribution >= 4 is 16.6 Å². The second-order valence-corrected chi connectivity index (χ2v) is 26.8. The van der Waals surface area contributed by atoms with Crippen molar-refractivity contribution < 1.29 is 19.1 Å². The second-order valence-electron chi connectivity index (χ2n) is 17.1. The maximum atomic E-state index is 11.6. The van der Waals surface area contributed by atoms with Crippen LogP contribution < -0.4 is 0 Å². The van der Waals surface area contributed by atoms with Gasteiger partial charge in [0, 0.05) is 18.6 Å². The lowest BCUT2D eigenvalue weighted by Crippen LogP contribution is -2.57. The Morgan fingerprint density at radius 1 is 0.821 bits per heavy atom. The highest BCUT2D eigenvalue weighted by molar-refractivity contribution is 6.74. The fourth-order valence-corrected chi connectivity index (χ4v) is 9.88. The van der Waals surface area contributed by atoms with E-state index in [-0.39, 0.29) is 27.0 Å². The first-order valence-corrected chi connectivity index (χ1v) is 21.5. The number of aliphatic hydroxyl groups is 2. The van der Waals surface area contributed by atoms with Gasteiger partial charge in [0.05, 0.1) is 6.10 Å². The Morgan fingerprint density at radius 2 is 1.33 bits per heavy atom. The summed E-state index contributed by atoms with van der Waals surface area (Å²) in [5.41, 5.74) is -1.26. The van der Waals surface area contributed by atoms with E-state index in [9.17, 15) is 10.2 Å². The zero-order valence-corrected chi connectivity index (χ0v) is 29.5. The Balaban J connectivity index is 1.98. The Kier molecular flexibility index (Phi) is 9.26. The number of rotatable bonds is 7. The van der Waals surface area contributed by atoms with Crippen molar-refractivity contribution in [2.45, 2.75) is 148 Å². The molecule has 0 aliphatic heterocycles. The SMILES string of the molecule is C#C[C@]1(O)CCC2[C@H](CO[Si](C)(C)C(C)(C)C)C([C@@]3(C)CC[C@H](O)C[C@@H]3CO[Si](C)(C)C(C)(C)C)CC[C@@]21C. The summed E-state index contributed by atoms with van der Waals surface area (Å²) in [7, 11) is -3.87. The molecular formula is C33H62O4Si2. The molecule has 4 nitrogen and oxygen atoms in total. The molecule has 0 aromatic heterocycles. The maximum absolute atomic E-state index is 11.6. The lowest BCUT2D eigenvalue weighted by Gasteiger charge is -2.58. The molecule has 6 heteroatoms. The fraction of sp³-hybridized carbons (Fsp3) is 0.939. The van der Waals surface area contributed by atoms with Crippen molar-refractivity contribution in [2.24, 2.45) is 34.5 Å². The van der Waals surface area contributed by atoms with Crippen molar-refractivity contribution in [2.75, 3.05) is 13.2 Å². The summed E-state index contributed by atoms with van der Waals surface area (Å²) >= 11 is 0. The quantitative estimate of drug-likeness (QED) is 0.237. The Hall–Kier alpha value is -0.166. The van der Waals surface area contributed by atoms with Gasteiger partial charge in [-0.3, -0.25) is 0 Å². The minimum absolute atomic E-state index is 0.0568. The van der Waals surface area contributed by atoms with Crippen LogP contribution in [0.4, 0.5) is 0 Å². The predicted octanol–water partition coefficient (Wildman–Crippen LogP) is 8.00. The molecule has 226 valence electrons. The van der Waals surface area contributed by atoms with Crippen LogP contribution in [0.15, 0.2) is 0 Å². The molecule has 0 amide bonds. The molecule has 0 bridgehead atoms. The standard InChI is InChI=1S/C33H62O4Si2/c1-14-33(35)20-17-28-26(23-37-39(12,13)30(5,6)7)27(16-19-32(28,33)9)31(8)18-15-25(34)21-24(31)22-36-38(10,11)29(2,3)4/h1,24-28,34-35H,15-23H2,2-13H3/t24-,25+,26-,27?,28?,31+,32+,33+/m1/s1. The number of fused-ring (bicyclic) bond motifs is 1. The second kappa shape index (κ2) is 10.8. The van der Waals surface area contributed by atoms with Crippen LogP contribution in [-0.4, -0.2) is 51.8 Å². The van der Waals surface area contributed by atoms with Crippen LogP contribution in [0.1, 0.15) is 100 Å². The molecule has 39 heavy (non-hydrogen) atoms. The molecule has 8 atom stereocenters. The number of hydrogen-bond acceptors (Lipinski definition) is 4. The van der Waals surface area contributed by atoms with Crippen LogP contribution in [-0.2, 0) is 8.85 Å². The summed E-state index contributed by atoms with van der Waals surface area (Å²) in [5.74, 6) is 4.30. The first kappa shape index (κ1) is 33.3. The van der Waals surface area contributed by atoms with Gasteiger partial charge in [0.1, 0.15) is 5.60 Å². The molecule has 0 aromatic carbocycles. The average Bonchev–Trinajstić information content (AvgIpc) is 3.08. The summed E-state index contributed by atoms with van der Waals surface area (Å²) in [6, 6.07) is 0. The largest absolute Gasteiger partial charge is 0.417 e. The molecule has 3 aliphatic rings. The van der Waals surface area contributed by atoms with E-state index in [2.05, 4.69) is 87.5 Å². The molecule has 0 saturated heterocycles. The smallest absolute Gasteiger partial charge is 0.191 e. The van der Waals surface area contributed by atoms with Gasteiger partial charge in [-0.25, -0.2) is 0 Å². The summed E-state index contributed by atoms with van der Waals surface area (Å²) < 4.78 is 13.9. The third-order valence-corrected chi connectivity index (χ3v) is 22.1. The Labute approximate surface area is 243 Å².